The minimum Gasteiger partial charge on any atom is -0.481 e. The van der Waals surface area contributed by atoms with Crippen molar-refractivity contribution in [2.24, 2.45) is 5.92 Å². The van der Waals surface area contributed by atoms with E-state index in [1.807, 2.05) is 28.8 Å². The Balaban J connectivity index is 1.70. The third-order valence-electron chi connectivity index (χ3n) is 3.96. The first-order valence-electron chi connectivity index (χ1n) is 7.17. The molecule has 6 heteroatoms. The number of aliphatic carboxylic acids is 1. The fourth-order valence-corrected chi connectivity index (χ4v) is 2.87. The lowest BCUT2D eigenvalue weighted by atomic mass is 9.85. The zero-order chi connectivity index (χ0) is 14.7. The number of carboxylic acids is 1. The highest BCUT2D eigenvalue weighted by molar-refractivity contribution is 5.70. The van der Waals surface area contributed by atoms with Crippen molar-refractivity contribution in [3.8, 4) is 5.69 Å². The van der Waals surface area contributed by atoms with Crippen LogP contribution in [0.15, 0.2) is 36.9 Å². The number of hydrogen-bond donors (Lipinski definition) is 2. The molecule has 3 rings (SSSR count). The summed E-state index contributed by atoms with van der Waals surface area (Å²) >= 11 is 0. The normalized spacial score (nSPS) is 21.9. The summed E-state index contributed by atoms with van der Waals surface area (Å²) in [6.07, 6.45) is 6.75. The van der Waals surface area contributed by atoms with E-state index in [1.165, 1.54) is 0 Å². The molecule has 0 saturated heterocycles. The Morgan fingerprint density at radius 2 is 2.10 bits per heavy atom. The Bertz CT molecular complexity index is 612. The summed E-state index contributed by atoms with van der Waals surface area (Å²) in [5, 5.41) is 20.2. The second-order valence-corrected chi connectivity index (χ2v) is 5.46. The third kappa shape index (κ3) is 3.21. The van der Waals surface area contributed by atoms with Gasteiger partial charge in [-0.1, -0.05) is 12.5 Å². The zero-order valence-corrected chi connectivity index (χ0v) is 11.6. The maximum atomic E-state index is 11.1. The van der Waals surface area contributed by atoms with Crippen LogP contribution < -0.4 is 5.32 Å². The number of anilines is 1. The predicted octanol–water partition coefficient (Wildman–Crippen LogP) is 2.32. The molecule has 2 N–H and O–H groups in total. The second kappa shape index (κ2) is 5.95. The van der Waals surface area contributed by atoms with Gasteiger partial charge in [0.2, 0.25) is 0 Å². The third-order valence-corrected chi connectivity index (χ3v) is 3.96. The van der Waals surface area contributed by atoms with Crippen molar-refractivity contribution in [2.45, 2.75) is 31.7 Å². The lowest BCUT2D eigenvalue weighted by Gasteiger charge is -2.28. The van der Waals surface area contributed by atoms with E-state index < -0.39 is 5.97 Å². The predicted molar refractivity (Wildman–Crippen MR) is 78.4 cm³/mol. The highest BCUT2D eigenvalue weighted by atomic mass is 16.4. The van der Waals surface area contributed by atoms with Crippen LogP contribution >= 0.6 is 0 Å². The van der Waals surface area contributed by atoms with E-state index in [-0.39, 0.29) is 12.0 Å². The maximum Gasteiger partial charge on any atom is 0.306 e. The van der Waals surface area contributed by atoms with Crippen molar-refractivity contribution in [3.05, 3.63) is 36.9 Å². The standard InChI is InChI=1S/C15H18N4O2/c20-15(21)11-3-1-4-12(7-11)18-13-5-2-6-14(8-13)19-9-16-17-10-19/h2,5-6,8-12,18H,1,3-4,7H2,(H,20,21). The molecule has 1 aliphatic rings. The highest BCUT2D eigenvalue weighted by Gasteiger charge is 2.26. The van der Waals surface area contributed by atoms with E-state index in [9.17, 15) is 4.79 Å². The SMILES string of the molecule is O=C(O)C1CCCC(Nc2cccc(-n3cnnc3)c2)C1. The molecule has 2 unspecified atom stereocenters. The van der Waals surface area contributed by atoms with Crippen LogP contribution in [0.2, 0.25) is 0 Å². The van der Waals surface area contributed by atoms with Crippen LogP contribution in [0.5, 0.6) is 0 Å². The molecule has 6 nitrogen and oxygen atoms in total. The van der Waals surface area contributed by atoms with Gasteiger partial charge in [-0.05, 0) is 37.5 Å². The molecule has 1 aromatic heterocycles. The van der Waals surface area contributed by atoms with Gasteiger partial charge < -0.3 is 10.4 Å². The van der Waals surface area contributed by atoms with Crippen molar-refractivity contribution in [2.75, 3.05) is 5.32 Å². The number of rotatable bonds is 4. The molecule has 21 heavy (non-hydrogen) atoms. The molecule has 1 heterocycles. The van der Waals surface area contributed by atoms with Gasteiger partial charge in [0, 0.05) is 11.7 Å². The summed E-state index contributed by atoms with van der Waals surface area (Å²) in [4.78, 5) is 11.1. The van der Waals surface area contributed by atoms with Crippen molar-refractivity contribution in [3.63, 3.8) is 0 Å². The van der Waals surface area contributed by atoms with Crippen LogP contribution in [0.3, 0.4) is 0 Å². The fraction of sp³-hybridized carbons (Fsp3) is 0.400. The summed E-state index contributed by atoms with van der Waals surface area (Å²) in [5.74, 6) is -0.906. The van der Waals surface area contributed by atoms with Crippen LogP contribution in [-0.4, -0.2) is 31.9 Å². The number of benzene rings is 1. The molecule has 0 aliphatic heterocycles. The Hall–Kier alpha value is -2.37. The molecule has 1 aliphatic carbocycles. The Morgan fingerprint density at radius 1 is 1.29 bits per heavy atom. The molecule has 1 saturated carbocycles. The van der Waals surface area contributed by atoms with E-state index in [2.05, 4.69) is 15.5 Å². The van der Waals surface area contributed by atoms with Crippen molar-refractivity contribution >= 4 is 11.7 Å². The number of nitrogens with zero attached hydrogens (tertiary/aromatic N) is 3. The van der Waals surface area contributed by atoms with Gasteiger partial charge in [0.05, 0.1) is 11.6 Å². The maximum absolute atomic E-state index is 11.1. The van der Waals surface area contributed by atoms with Gasteiger partial charge in [-0.15, -0.1) is 10.2 Å². The Morgan fingerprint density at radius 3 is 2.86 bits per heavy atom. The highest BCUT2D eigenvalue weighted by Crippen LogP contribution is 2.27. The van der Waals surface area contributed by atoms with E-state index in [1.54, 1.807) is 12.7 Å². The lowest BCUT2D eigenvalue weighted by molar-refractivity contribution is -0.142. The van der Waals surface area contributed by atoms with E-state index in [0.717, 1.165) is 30.6 Å². The van der Waals surface area contributed by atoms with Gasteiger partial charge in [-0.25, -0.2) is 0 Å². The molecule has 1 fully saturated rings. The summed E-state index contributed by atoms with van der Waals surface area (Å²) in [6, 6.07) is 8.19. The van der Waals surface area contributed by atoms with Crippen LogP contribution in [0.1, 0.15) is 25.7 Å². The first-order valence-corrected chi connectivity index (χ1v) is 7.17. The van der Waals surface area contributed by atoms with Gasteiger partial charge in [0.1, 0.15) is 12.7 Å². The first-order chi connectivity index (χ1) is 10.2. The second-order valence-electron chi connectivity index (χ2n) is 5.46. The average molecular weight is 286 g/mol. The Kier molecular flexibility index (Phi) is 3.85. The molecule has 2 atom stereocenters. The van der Waals surface area contributed by atoms with E-state index in [4.69, 9.17) is 5.11 Å². The summed E-state index contributed by atoms with van der Waals surface area (Å²) in [7, 11) is 0. The first kappa shape index (κ1) is 13.6. The monoisotopic (exact) mass is 286 g/mol. The molecule has 0 radical (unpaired) electrons. The molecule has 0 amide bonds. The summed E-state index contributed by atoms with van der Waals surface area (Å²) in [6.45, 7) is 0. The number of aromatic nitrogens is 3. The van der Waals surface area contributed by atoms with Gasteiger partial charge in [-0.3, -0.25) is 9.36 Å². The molecule has 110 valence electrons. The fourth-order valence-electron chi connectivity index (χ4n) is 2.87. The van der Waals surface area contributed by atoms with Gasteiger partial charge in [0.15, 0.2) is 0 Å². The van der Waals surface area contributed by atoms with Crippen molar-refractivity contribution < 1.29 is 9.90 Å². The number of nitrogens with one attached hydrogen (secondary N) is 1. The summed E-state index contributed by atoms with van der Waals surface area (Å²) < 4.78 is 1.84. The molecule has 2 aromatic rings. The molecular weight excluding hydrogens is 268 g/mol. The Labute approximate surface area is 122 Å². The van der Waals surface area contributed by atoms with Crippen molar-refractivity contribution in [1.29, 1.82) is 0 Å². The van der Waals surface area contributed by atoms with Crippen LogP contribution in [0.4, 0.5) is 5.69 Å². The number of carboxylic acid groups (broad SMARTS) is 1. The molecule has 0 bridgehead atoms. The van der Waals surface area contributed by atoms with Gasteiger partial charge in [-0.2, -0.15) is 0 Å². The van der Waals surface area contributed by atoms with E-state index in [0.29, 0.717) is 6.42 Å². The molecule has 0 spiro atoms. The smallest absolute Gasteiger partial charge is 0.306 e. The number of carbonyl (C=O) groups is 1. The van der Waals surface area contributed by atoms with Gasteiger partial charge >= 0.3 is 5.97 Å². The van der Waals surface area contributed by atoms with E-state index >= 15 is 0 Å². The molecule has 1 aromatic carbocycles. The van der Waals surface area contributed by atoms with Crippen LogP contribution in [0, 0.1) is 5.92 Å². The topological polar surface area (TPSA) is 80.0 Å². The quantitative estimate of drug-likeness (QED) is 0.901. The van der Waals surface area contributed by atoms with Crippen LogP contribution in [-0.2, 0) is 4.79 Å². The molecular formula is C15H18N4O2. The minimum absolute atomic E-state index is 0.219. The average Bonchev–Trinajstić information content (AvgIpc) is 3.02. The largest absolute Gasteiger partial charge is 0.481 e. The number of hydrogen-bond acceptors (Lipinski definition) is 4. The van der Waals surface area contributed by atoms with Crippen LogP contribution in [0.25, 0.3) is 5.69 Å². The zero-order valence-electron chi connectivity index (χ0n) is 11.6. The summed E-state index contributed by atoms with van der Waals surface area (Å²) in [5.41, 5.74) is 1.98. The van der Waals surface area contributed by atoms with Crippen molar-refractivity contribution in [1.82, 2.24) is 14.8 Å². The van der Waals surface area contributed by atoms with Gasteiger partial charge in [0.25, 0.3) is 0 Å². The minimum atomic E-state index is -0.681. The lowest BCUT2D eigenvalue weighted by Crippen LogP contribution is -2.30.